The van der Waals surface area contributed by atoms with Gasteiger partial charge in [-0.25, -0.2) is 29.9 Å². The lowest BCUT2D eigenvalue weighted by atomic mass is 9.94. The normalized spacial score (nSPS) is 11.8. The summed E-state index contributed by atoms with van der Waals surface area (Å²) < 4.78 is 9.66. The first kappa shape index (κ1) is 68.1. The van der Waals surface area contributed by atoms with E-state index in [1.165, 1.54) is 27.4 Å². The molecular weight excluding hydrogens is 1460 g/mol. The van der Waals surface area contributed by atoms with E-state index in [-0.39, 0.29) is 0 Å². The van der Waals surface area contributed by atoms with Gasteiger partial charge in [-0.3, -0.25) is 17.9 Å². The average Bonchev–Trinajstić information content (AvgIpc) is 1.55. The number of aromatic nitrogens is 10. The second-order valence-corrected chi connectivity index (χ2v) is 31.0. The zero-order valence-corrected chi connectivity index (χ0v) is 64.7. The lowest BCUT2D eigenvalue weighted by Gasteiger charge is -2.13. The Morgan fingerprint density at radius 2 is 0.467 bits per heavy atom. The molecule has 0 aliphatic heterocycles. The van der Waals surface area contributed by atoms with Crippen molar-refractivity contribution in [1.82, 2.24) is 47.8 Å². The summed E-state index contributed by atoms with van der Waals surface area (Å²) in [5.74, 6) is 3.51. The van der Waals surface area contributed by atoms with Crippen LogP contribution in [0.5, 0.6) is 0 Å². The highest BCUT2D eigenvalue weighted by molar-refractivity contribution is 6.12. The maximum Gasteiger partial charge on any atom is 0.164 e. The number of fused-ring (bicyclic) bond motifs is 14. The Morgan fingerprint density at radius 1 is 0.158 bits per heavy atom. The maximum absolute atomic E-state index is 5.41. The smallest absolute Gasteiger partial charge is 0.164 e. The predicted octanol–water partition coefficient (Wildman–Crippen LogP) is 27.7. The minimum absolute atomic E-state index is 0.580. The molecule has 0 amide bonds. The van der Waals surface area contributed by atoms with Gasteiger partial charge in [-0.15, -0.1) is 0 Å². The maximum atomic E-state index is 5.41. The number of hydrogen-bond donors (Lipinski definition) is 0. The summed E-state index contributed by atoms with van der Waals surface area (Å²) in [6.07, 6.45) is 0. The lowest BCUT2D eigenvalue weighted by Crippen LogP contribution is -2.00. The van der Waals surface area contributed by atoms with Crippen molar-refractivity contribution in [3.8, 4) is 135 Å². The number of nitrogens with zero attached hydrogens (tertiary/aromatic N) is 10. The molecular formula is C110H68N10. The second-order valence-electron chi connectivity index (χ2n) is 31.0. The van der Waals surface area contributed by atoms with E-state index in [1.54, 1.807) is 0 Å². The minimum atomic E-state index is 0.580. The molecule has 0 N–H and O–H groups in total. The zero-order valence-electron chi connectivity index (χ0n) is 64.7. The Hall–Kier alpha value is -16.3. The first-order valence-electron chi connectivity index (χ1n) is 40.6. The SMILES string of the molecule is c1ccc(-n2c3ccccc3n3c4ccccc4c(-c4ccc(-c5cccc(-c6nc(-c7ccc8ccccc8c7)nc(-c7ccc8ccc(-c9cccc%10cc(-c%11nc(-c%12cccc(-c%13cccc(-c%14c%15ccccc%15n%15c%16ccccc%16n(-c%16ccccc%16)c%14%15)c%13)c%12)nc(-c%12ccc%13ccccc%13c%12)n%11)ccc9%10)cc8c7)n6)c5)cc4)c23)cc1. The quantitative estimate of drug-likeness (QED) is 0.114. The molecule has 0 fully saturated rings. The van der Waals surface area contributed by atoms with E-state index in [0.29, 0.717) is 34.9 Å². The lowest BCUT2D eigenvalue weighted by molar-refractivity contribution is 1.07. The molecule has 0 spiro atoms. The largest absolute Gasteiger partial charge is 0.293 e. The third-order valence-electron chi connectivity index (χ3n) is 23.9. The fourth-order valence-electron chi connectivity index (χ4n) is 18.3. The summed E-state index contributed by atoms with van der Waals surface area (Å²) in [5.41, 5.74) is 27.8. The van der Waals surface area contributed by atoms with Gasteiger partial charge in [-0.1, -0.05) is 303 Å². The van der Waals surface area contributed by atoms with Gasteiger partial charge in [0.15, 0.2) is 34.9 Å². The fraction of sp³-hybridized carbons (Fsp3) is 0. The average molecular weight is 1530 g/mol. The van der Waals surface area contributed by atoms with Crippen molar-refractivity contribution >= 4 is 98.3 Å². The first-order chi connectivity index (χ1) is 59.4. The molecule has 24 rings (SSSR count). The Balaban J connectivity index is 0.574. The molecule has 10 heteroatoms. The van der Waals surface area contributed by atoms with Gasteiger partial charge in [0.1, 0.15) is 11.3 Å². The van der Waals surface area contributed by atoms with Gasteiger partial charge < -0.3 is 0 Å². The zero-order chi connectivity index (χ0) is 78.9. The summed E-state index contributed by atoms with van der Waals surface area (Å²) in [5, 5.41) is 11.2. The van der Waals surface area contributed by atoms with Crippen molar-refractivity contribution in [2.75, 3.05) is 0 Å². The van der Waals surface area contributed by atoms with Crippen LogP contribution in [0.15, 0.2) is 413 Å². The molecule has 0 saturated heterocycles. The summed E-state index contributed by atoms with van der Waals surface area (Å²) in [6, 6.07) is 148. The van der Waals surface area contributed by atoms with Crippen LogP contribution < -0.4 is 0 Å². The first-order valence-corrected chi connectivity index (χ1v) is 40.6. The highest BCUT2D eigenvalue weighted by Crippen LogP contribution is 2.46. The van der Waals surface area contributed by atoms with Crippen LogP contribution in [0, 0.1) is 0 Å². The fourth-order valence-corrected chi connectivity index (χ4v) is 18.3. The van der Waals surface area contributed by atoms with Crippen LogP contribution >= 0.6 is 0 Å². The Labute approximate surface area is 689 Å². The molecule has 0 aliphatic carbocycles. The van der Waals surface area contributed by atoms with Gasteiger partial charge in [-0.05, 0) is 197 Å². The van der Waals surface area contributed by atoms with E-state index in [9.17, 15) is 0 Å². The second kappa shape index (κ2) is 27.7. The van der Waals surface area contributed by atoms with E-state index in [0.717, 1.165) is 171 Å². The molecule has 0 aliphatic rings. The minimum Gasteiger partial charge on any atom is -0.293 e. The molecule has 0 unspecified atom stereocenters. The van der Waals surface area contributed by atoms with Crippen molar-refractivity contribution in [3.05, 3.63) is 413 Å². The molecule has 24 aromatic rings. The molecule has 120 heavy (non-hydrogen) atoms. The molecule has 6 heterocycles. The van der Waals surface area contributed by atoms with E-state index < -0.39 is 0 Å². The van der Waals surface area contributed by atoms with Crippen LogP contribution in [0.2, 0.25) is 0 Å². The summed E-state index contributed by atoms with van der Waals surface area (Å²) >= 11 is 0. The summed E-state index contributed by atoms with van der Waals surface area (Å²) in [7, 11) is 0. The van der Waals surface area contributed by atoms with Crippen molar-refractivity contribution in [1.29, 1.82) is 0 Å². The summed E-state index contributed by atoms with van der Waals surface area (Å²) in [6.45, 7) is 0. The Bertz CT molecular complexity index is 8300. The molecule has 18 aromatic carbocycles. The van der Waals surface area contributed by atoms with Crippen LogP contribution in [-0.4, -0.2) is 47.8 Å². The number of imidazole rings is 2. The molecule has 10 nitrogen and oxygen atoms in total. The topological polar surface area (TPSA) is 96.0 Å². The van der Waals surface area contributed by atoms with Gasteiger partial charge in [-0.2, -0.15) is 0 Å². The Morgan fingerprint density at radius 3 is 0.958 bits per heavy atom. The van der Waals surface area contributed by atoms with Gasteiger partial charge in [0.2, 0.25) is 0 Å². The van der Waals surface area contributed by atoms with Crippen LogP contribution in [0.3, 0.4) is 0 Å². The molecule has 558 valence electrons. The highest BCUT2D eigenvalue weighted by Gasteiger charge is 2.26. The number of hydrogen-bond acceptors (Lipinski definition) is 6. The van der Waals surface area contributed by atoms with Gasteiger partial charge in [0.05, 0.1) is 33.1 Å². The number of benzene rings is 18. The van der Waals surface area contributed by atoms with Crippen LogP contribution in [0.1, 0.15) is 0 Å². The molecule has 0 bridgehead atoms. The number of rotatable bonds is 13. The highest BCUT2D eigenvalue weighted by atomic mass is 15.2. The molecule has 6 aromatic heterocycles. The van der Waals surface area contributed by atoms with Crippen molar-refractivity contribution in [3.63, 3.8) is 0 Å². The van der Waals surface area contributed by atoms with Gasteiger partial charge >= 0.3 is 0 Å². The standard InChI is InChI=1S/C110H68N10/c1-3-34-89(35-4-1)117-97-43-15-17-45-99(97)119-95-41-13-11-38-93(95)101(109(117)119)73-53-47-71(48-54-73)76-27-20-32-82(62-76)103-111-105(84-56-50-69-23-7-9-25-74(69)63-84)115-107(113-103)86-58-52-72-49-55-80(67-88(72)68-86)91-40-22-30-79-66-87(59-60-92(79)91)108-114-104(112-106(116-108)85-57-51-70-24-8-10-26-75(70)64-85)83-33-21-29-78(65-83)77-28-19-31-81(61-77)102-94-39-12-14-42-96(94)120-100-46-18-16-44-98(100)118(110(102)120)90-36-5-2-6-37-90/h1-68H. The molecule has 0 radical (unpaired) electrons. The van der Waals surface area contributed by atoms with Gasteiger partial charge in [0, 0.05) is 66.7 Å². The third-order valence-corrected chi connectivity index (χ3v) is 23.9. The van der Waals surface area contributed by atoms with Crippen LogP contribution in [0.25, 0.3) is 234 Å². The Kier molecular flexibility index (Phi) is 15.7. The van der Waals surface area contributed by atoms with Gasteiger partial charge in [0.25, 0.3) is 0 Å². The van der Waals surface area contributed by atoms with Crippen LogP contribution in [-0.2, 0) is 0 Å². The van der Waals surface area contributed by atoms with E-state index >= 15 is 0 Å². The molecule has 0 atom stereocenters. The van der Waals surface area contributed by atoms with Crippen molar-refractivity contribution in [2.24, 2.45) is 0 Å². The molecule has 0 saturated carbocycles. The van der Waals surface area contributed by atoms with Crippen LogP contribution in [0.4, 0.5) is 0 Å². The third kappa shape index (κ3) is 11.4. The monoisotopic (exact) mass is 1530 g/mol. The van der Waals surface area contributed by atoms with E-state index in [2.05, 4.69) is 430 Å². The summed E-state index contributed by atoms with van der Waals surface area (Å²) in [4.78, 5) is 32.1. The van der Waals surface area contributed by atoms with E-state index in [1.807, 2.05) is 0 Å². The van der Waals surface area contributed by atoms with Crippen molar-refractivity contribution in [2.45, 2.75) is 0 Å². The van der Waals surface area contributed by atoms with Crippen molar-refractivity contribution < 1.29 is 0 Å². The predicted molar refractivity (Wildman–Crippen MR) is 494 cm³/mol. The number of para-hydroxylation sites is 8. The van der Waals surface area contributed by atoms with E-state index in [4.69, 9.17) is 29.9 Å².